The minimum absolute atomic E-state index is 0.0986. The van der Waals surface area contributed by atoms with Gasteiger partial charge in [0.15, 0.2) is 0 Å². The molecule has 1 aliphatic heterocycles. The summed E-state index contributed by atoms with van der Waals surface area (Å²) in [6.45, 7) is 3.26. The molecular weight excluding hydrogens is 418 g/mol. The molecule has 1 fully saturated rings. The molecular formula is C25H23N5O3. The summed E-state index contributed by atoms with van der Waals surface area (Å²) in [4.78, 5) is 20.0. The Bertz CT molecular complexity index is 1270. The van der Waals surface area contributed by atoms with Crippen LogP contribution in [0.4, 0.5) is 5.82 Å². The number of carbonyl (C=O) groups is 1. The monoisotopic (exact) mass is 441 g/mol. The molecule has 0 saturated carbocycles. The molecule has 2 aromatic carbocycles. The van der Waals surface area contributed by atoms with Gasteiger partial charge >= 0.3 is 0 Å². The van der Waals surface area contributed by atoms with Crippen LogP contribution in [0, 0.1) is 6.92 Å². The summed E-state index contributed by atoms with van der Waals surface area (Å²) >= 11 is 0. The third kappa shape index (κ3) is 4.91. The van der Waals surface area contributed by atoms with Gasteiger partial charge in [-0.15, -0.1) is 10.2 Å². The van der Waals surface area contributed by atoms with E-state index < -0.39 is 5.91 Å². The lowest BCUT2D eigenvalue weighted by Crippen LogP contribution is -2.38. The number of nitrogens with zero attached hydrogens (tertiary/aromatic N) is 3. The minimum Gasteiger partial charge on any atom is -0.486 e. The lowest BCUT2D eigenvalue weighted by molar-refractivity contribution is -0.0796. The highest BCUT2D eigenvalue weighted by Crippen LogP contribution is 2.29. The van der Waals surface area contributed by atoms with Crippen molar-refractivity contribution in [2.45, 2.75) is 19.4 Å². The number of rotatable bonds is 7. The van der Waals surface area contributed by atoms with Gasteiger partial charge in [0, 0.05) is 12.6 Å². The molecule has 4 aromatic rings. The van der Waals surface area contributed by atoms with Gasteiger partial charge in [0.2, 0.25) is 5.82 Å². The minimum atomic E-state index is -0.398. The van der Waals surface area contributed by atoms with Crippen LogP contribution in [-0.2, 0) is 11.2 Å². The predicted molar refractivity (Wildman–Crippen MR) is 123 cm³/mol. The van der Waals surface area contributed by atoms with Crippen molar-refractivity contribution in [3.8, 4) is 16.9 Å². The van der Waals surface area contributed by atoms with Crippen LogP contribution in [0.15, 0.2) is 66.9 Å². The van der Waals surface area contributed by atoms with Gasteiger partial charge in [0.05, 0.1) is 13.2 Å². The van der Waals surface area contributed by atoms with Gasteiger partial charge in [-0.25, -0.2) is 4.98 Å². The van der Waals surface area contributed by atoms with Crippen LogP contribution in [0.1, 0.15) is 27.6 Å². The molecule has 2 aromatic heterocycles. The van der Waals surface area contributed by atoms with Gasteiger partial charge < -0.3 is 19.8 Å². The van der Waals surface area contributed by atoms with Crippen molar-refractivity contribution in [3.63, 3.8) is 0 Å². The molecule has 166 valence electrons. The largest absolute Gasteiger partial charge is 0.486 e. The molecule has 5 rings (SSSR count). The van der Waals surface area contributed by atoms with E-state index in [9.17, 15) is 4.79 Å². The molecule has 8 nitrogen and oxygen atoms in total. The van der Waals surface area contributed by atoms with Crippen molar-refractivity contribution in [1.82, 2.24) is 20.2 Å². The number of carbonyl (C=O) groups excluding carboxylic acids is 1. The zero-order valence-corrected chi connectivity index (χ0v) is 18.1. The molecule has 1 saturated heterocycles. The molecule has 0 spiro atoms. The number of aromatic nitrogens is 4. The van der Waals surface area contributed by atoms with E-state index in [2.05, 4.69) is 25.5 Å². The van der Waals surface area contributed by atoms with Crippen LogP contribution < -0.4 is 10.1 Å². The van der Waals surface area contributed by atoms with Gasteiger partial charge in [-0.3, -0.25) is 4.79 Å². The SMILES string of the molecule is Cc1ccc(OC2COC2)cc1-c1ccnc(NC(=O)c2nnc(Cc3ccccc3)[nH]2)c1. The molecule has 0 unspecified atom stereocenters. The van der Waals surface area contributed by atoms with Crippen LogP contribution in [0.2, 0.25) is 0 Å². The average Bonchev–Trinajstić information content (AvgIpc) is 3.27. The smallest absolute Gasteiger partial charge is 0.294 e. The first-order valence-electron chi connectivity index (χ1n) is 10.7. The Hall–Kier alpha value is -4.04. The van der Waals surface area contributed by atoms with E-state index in [0.29, 0.717) is 31.3 Å². The standard InChI is InChI=1S/C25H23N5O3/c1-16-7-8-19(33-20-14-32-15-20)13-21(16)18-9-10-26-22(12-18)28-25(31)24-27-23(29-30-24)11-17-5-3-2-4-6-17/h2-10,12-13,20H,11,14-15H2,1H3,(H,26,28,31)(H,27,29,30). The summed E-state index contributed by atoms with van der Waals surface area (Å²) < 4.78 is 11.1. The number of anilines is 1. The van der Waals surface area contributed by atoms with Crippen LogP contribution >= 0.6 is 0 Å². The summed E-state index contributed by atoms with van der Waals surface area (Å²) in [5.41, 5.74) is 4.11. The van der Waals surface area contributed by atoms with Crippen LogP contribution in [0.3, 0.4) is 0 Å². The normalized spacial score (nSPS) is 13.4. The van der Waals surface area contributed by atoms with E-state index >= 15 is 0 Å². The van der Waals surface area contributed by atoms with Crippen molar-refractivity contribution in [1.29, 1.82) is 0 Å². The number of nitrogens with one attached hydrogen (secondary N) is 2. The predicted octanol–water partition coefficient (Wildman–Crippen LogP) is 3.80. The number of aromatic amines is 1. The molecule has 0 bridgehead atoms. The third-order valence-corrected chi connectivity index (χ3v) is 5.39. The highest BCUT2D eigenvalue weighted by Gasteiger charge is 2.20. The maximum Gasteiger partial charge on any atom is 0.294 e. The quantitative estimate of drug-likeness (QED) is 0.452. The van der Waals surface area contributed by atoms with Crippen LogP contribution in [0.25, 0.3) is 11.1 Å². The van der Waals surface area contributed by atoms with Gasteiger partial charge in [-0.2, -0.15) is 0 Å². The first-order valence-corrected chi connectivity index (χ1v) is 10.7. The molecule has 0 radical (unpaired) electrons. The Morgan fingerprint density at radius 2 is 1.97 bits per heavy atom. The fourth-order valence-electron chi connectivity index (χ4n) is 3.57. The molecule has 8 heteroatoms. The Labute approximate surface area is 191 Å². The number of hydrogen-bond acceptors (Lipinski definition) is 6. The number of pyridine rings is 1. The van der Waals surface area contributed by atoms with Crippen LogP contribution in [0.5, 0.6) is 5.75 Å². The second kappa shape index (κ2) is 9.22. The van der Waals surface area contributed by atoms with Gasteiger partial charge in [0.1, 0.15) is 23.5 Å². The summed E-state index contributed by atoms with van der Waals surface area (Å²) in [5.74, 6) is 1.58. The summed E-state index contributed by atoms with van der Waals surface area (Å²) in [7, 11) is 0. The van der Waals surface area contributed by atoms with Gasteiger partial charge in [0.25, 0.3) is 5.91 Å². The molecule has 0 aliphatic carbocycles. The molecule has 2 N–H and O–H groups in total. The van der Waals surface area contributed by atoms with Gasteiger partial charge in [-0.05, 0) is 53.4 Å². The van der Waals surface area contributed by atoms with E-state index in [1.807, 2.05) is 67.6 Å². The number of hydrogen-bond donors (Lipinski definition) is 2. The van der Waals surface area contributed by atoms with E-state index in [1.165, 1.54) is 0 Å². The number of H-pyrrole nitrogens is 1. The summed E-state index contributed by atoms with van der Waals surface area (Å²) in [6.07, 6.45) is 2.33. The second-order valence-corrected chi connectivity index (χ2v) is 7.92. The van der Waals surface area contributed by atoms with Crippen molar-refractivity contribution in [3.05, 3.63) is 89.6 Å². The van der Waals surface area contributed by atoms with Crippen molar-refractivity contribution < 1.29 is 14.3 Å². The molecule has 1 aliphatic rings. The van der Waals surface area contributed by atoms with Crippen molar-refractivity contribution in [2.24, 2.45) is 0 Å². The molecule has 33 heavy (non-hydrogen) atoms. The van der Waals surface area contributed by atoms with E-state index in [4.69, 9.17) is 9.47 Å². The first kappa shape index (κ1) is 20.8. The molecule has 0 atom stereocenters. The van der Waals surface area contributed by atoms with E-state index in [-0.39, 0.29) is 11.9 Å². The zero-order chi connectivity index (χ0) is 22.6. The average molecular weight is 441 g/mol. The van der Waals surface area contributed by atoms with Gasteiger partial charge in [-0.1, -0.05) is 36.4 Å². The highest BCUT2D eigenvalue weighted by molar-refractivity contribution is 6.01. The summed E-state index contributed by atoms with van der Waals surface area (Å²) in [6, 6.07) is 19.6. The lowest BCUT2D eigenvalue weighted by Gasteiger charge is -2.27. The molecule has 1 amide bonds. The van der Waals surface area contributed by atoms with Crippen molar-refractivity contribution in [2.75, 3.05) is 18.5 Å². The third-order valence-electron chi connectivity index (χ3n) is 5.39. The second-order valence-electron chi connectivity index (χ2n) is 7.92. The number of benzene rings is 2. The fourth-order valence-corrected chi connectivity index (χ4v) is 3.57. The lowest BCUT2D eigenvalue weighted by atomic mass is 10.0. The van der Waals surface area contributed by atoms with E-state index in [0.717, 1.165) is 28.0 Å². The Kier molecular flexibility index (Phi) is 5.82. The molecule has 3 heterocycles. The maximum atomic E-state index is 12.7. The highest BCUT2D eigenvalue weighted by atomic mass is 16.6. The fraction of sp³-hybridized carbons (Fsp3) is 0.200. The van der Waals surface area contributed by atoms with Crippen molar-refractivity contribution >= 4 is 11.7 Å². The number of aryl methyl sites for hydroxylation is 1. The Morgan fingerprint density at radius 3 is 2.76 bits per heavy atom. The Balaban J connectivity index is 1.30. The van der Waals surface area contributed by atoms with Crippen LogP contribution in [-0.4, -0.2) is 45.4 Å². The maximum absolute atomic E-state index is 12.7. The topological polar surface area (TPSA) is 102 Å². The number of amides is 1. The number of ether oxygens (including phenoxy) is 2. The Morgan fingerprint density at radius 1 is 1.12 bits per heavy atom. The zero-order valence-electron chi connectivity index (χ0n) is 18.1. The first-order chi connectivity index (χ1) is 16.1. The summed E-state index contributed by atoms with van der Waals surface area (Å²) in [5, 5.41) is 10.9. The van der Waals surface area contributed by atoms with E-state index in [1.54, 1.807) is 6.20 Å².